The zero-order valence-corrected chi connectivity index (χ0v) is 13.2. The predicted molar refractivity (Wildman–Crippen MR) is 86.2 cm³/mol. The van der Waals surface area contributed by atoms with Crippen molar-refractivity contribution in [2.75, 3.05) is 0 Å². The Labute approximate surface area is 122 Å². The molecule has 0 saturated heterocycles. The Kier molecular flexibility index (Phi) is 4.42. The molecule has 0 aliphatic carbocycles. The van der Waals surface area contributed by atoms with Gasteiger partial charge in [0.25, 0.3) is 0 Å². The fourth-order valence-electron chi connectivity index (χ4n) is 1.75. The Hall–Kier alpha value is -1.56. The van der Waals surface area contributed by atoms with Crippen molar-refractivity contribution < 1.29 is 0 Å². The zero-order chi connectivity index (χ0) is 13.8. The van der Waals surface area contributed by atoms with E-state index in [4.69, 9.17) is 0 Å². The minimum absolute atomic E-state index is 0.199. The Balaban J connectivity index is 2.08. The maximum absolute atomic E-state index is 4.20. The van der Waals surface area contributed by atoms with Crippen molar-refractivity contribution in [3.05, 3.63) is 83.9 Å². The summed E-state index contributed by atoms with van der Waals surface area (Å²) in [5, 5.41) is 0. The summed E-state index contributed by atoms with van der Waals surface area (Å²) in [6.45, 7) is 12.6. The number of rotatable bonds is 4. The predicted octanol–water partition coefficient (Wildman–Crippen LogP) is 4.65. The van der Waals surface area contributed by atoms with Crippen LogP contribution in [0.3, 0.4) is 0 Å². The molecule has 0 amide bonds. The Bertz CT molecular complexity index is 533. The molecule has 2 aromatic rings. The van der Waals surface area contributed by atoms with Crippen molar-refractivity contribution in [1.29, 1.82) is 0 Å². The third-order valence-electron chi connectivity index (χ3n) is 2.99. The van der Waals surface area contributed by atoms with Crippen LogP contribution in [0.4, 0.5) is 0 Å². The molecule has 19 heavy (non-hydrogen) atoms. The second kappa shape index (κ2) is 6.06. The molecule has 0 saturated carbocycles. The molecule has 2 rings (SSSR count). The monoisotopic (exact) mass is 314 g/mol. The molecule has 0 aliphatic heterocycles. The van der Waals surface area contributed by atoms with Gasteiger partial charge in [0, 0.05) is 0 Å². The topological polar surface area (TPSA) is 0 Å². The summed E-state index contributed by atoms with van der Waals surface area (Å²) in [5.74, 6) is 0. The molecular formula is C18H18Se. The first-order valence-electron chi connectivity index (χ1n) is 6.26. The van der Waals surface area contributed by atoms with E-state index in [9.17, 15) is 0 Å². The molecule has 1 heteroatoms. The van der Waals surface area contributed by atoms with Crippen LogP contribution in [-0.2, 0) is 0 Å². The Morgan fingerprint density at radius 3 is 1.32 bits per heavy atom. The average molecular weight is 313 g/mol. The van der Waals surface area contributed by atoms with E-state index in [1.165, 1.54) is 31.2 Å². The van der Waals surface area contributed by atoms with Crippen LogP contribution in [0.25, 0.3) is 8.94 Å². The Morgan fingerprint density at radius 1 is 0.684 bits per heavy atom. The van der Waals surface area contributed by atoms with E-state index in [2.05, 4.69) is 75.5 Å². The van der Waals surface area contributed by atoms with Crippen molar-refractivity contribution in [2.24, 2.45) is 0 Å². The molecule has 0 aliphatic rings. The molecule has 0 nitrogen and oxygen atoms in total. The van der Waals surface area contributed by atoms with Gasteiger partial charge in [0.15, 0.2) is 0 Å². The molecule has 0 aromatic heterocycles. The second-order valence-corrected chi connectivity index (χ2v) is 7.18. The SMILES string of the molecule is C=C([Se]C(=C)c1ccc(C)cc1)c1ccc(C)cc1. The molecular weight excluding hydrogens is 295 g/mol. The molecule has 0 N–H and O–H groups in total. The third kappa shape index (κ3) is 3.70. The summed E-state index contributed by atoms with van der Waals surface area (Å²) < 4.78 is 2.36. The molecule has 0 bridgehead atoms. The second-order valence-electron chi connectivity index (χ2n) is 4.68. The van der Waals surface area contributed by atoms with Gasteiger partial charge in [-0.1, -0.05) is 0 Å². The quantitative estimate of drug-likeness (QED) is 0.721. The fourth-order valence-corrected chi connectivity index (χ4v) is 3.44. The number of aryl methyl sites for hydroxylation is 2. The molecule has 96 valence electrons. The van der Waals surface area contributed by atoms with Gasteiger partial charge < -0.3 is 0 Å². The van der Waals surface area contributed by atoms with Gasteiger partial charge in [-0.15, -0.1) is 0 Å². The fraction of sp³-hybridized carbons (Fsp3) is 0.111. The third-order valence-corrected chi connectivity index (χ3v) is 5.02. The molecule has 0 atom stereocenters. The zero-order valence-electron chi connectivity index (χ0n) is 11.4. The molecule has 0 unspecified atom stereocenters. The van der Waals surface area contributed by atoms with E-state index in [1.807, 2.05) is 0 Å². The van der Waals surface area contributed by atoms with E-state index in [-0.39, 0.29) is 15.0 Å². The first-order chi connectivity index (χ1) is 9.06. The van der Waals surface area contributed by atoms with Crippen LogP contribution in [0.1, 0.15) is 22.3 Å². The van der Waals surface area contributed by atoms with E-state index >= 15 is 0 Å². The first kappa shape index (κ1) is 13.9. The summed E-state index contributed by atoms with van der Waals surface area (Å²) in [6.07, 6.45) is 0. The van der Waals surface area contributed by atoms with Crippen molar-refractivity contribution in [3.8, 4) is 0 Å². The van der Waals surface area contributed by atoms with Gasteiger partial charge in [0.05, 0.1) is 0 Å². The average Bonchev–Trinajstić information content (AvgIpc) is 2.40. The molecule has 0 heterocycles. The number of hydrogen-bond donors (Lipinski definition) is 0. The van der Waals surface area contributed by atoms with Crippen LogP contribution in [0.5, 0.6) is 0 Å². The molecule has 0 radical (unpaired) electrons. The first-order valence-corrected chi connectivity index (χ1v) is 7.97. The van der Waals surface area contributed by atoms with Gasteiger partial charge in [0.1, 0.15) is 0 Å². The van der Waals surface area contributed by atoms with Crippen LogP contribution in [0.15, 0.2) is 61.7 Å². The van der Waals surface area contributed by atoms with Gasteiger partial charge in [-0.2, -0.15) is 0 Å². The summed E-state index contributed by atoms with van der Waals surface area (Å²) in [6, 6.07) is 17.1. The molecule has 0 spiro atoms. The van der Waals surface area contributed by atoms with E-state index in [0.717, 1.165) is 0 Å². The summed E-state index contributed by atoms with van der Waals surface area (Å²) >= 11 is 0.199. The van der Waals surface area contributed by atoms with Crippen LogP contribution < -0.4 is 0 Å². The standard InChI is InChI=1S/C18H18Se/c1-13-5-9-17(10-6-13)15(3)19-16(4)18-11-7-14(2)8-12-18/h5-12H,3-4H2,1-2H3. The van der Waals surface area contributed by atoms with Gasteiger partial charge >= 0.3 is 122 Å². The normalized spacial score (nSPS) is 10.2. The maximum atomic E-state index is 4.20. The van der Waals surface area contributed by atoms with Gasteiger partial charge in [-0.05, 0) is 0 Å². The Morgan fingerprint density at radius 2 is 1.00 bits per heavy atom. The van der Waals surface area contributed by atoms with Gasteiger partial charge in [0.2, 0.25) is 0 Å². The van der Waals surface area contributed by atoms with Gasteiger partial charge in [-0.3, -0.25) is 0 Å². The summed E-state index contributed by atoms with van der Waals surface area (Å²) in [7, 11) is 0. The summed E-state index contributed by atoms with van der Waals surface area (Å²) in [5.41, 5.74) is 5.00. The molecule has 2 aromatic carbocycles. The van der Waals surface area contributed by atoms with Crippen LogP contribution >= 0.6 is 0 Å². The molecule has 0 fully saturated rings. The minimum atomic E-state index is 0.199. The van der Waals surface area contributed by atoms with Gasteiger partial charge in [-0.25, -0.2) is 0 Å². The van der Waals surface area contributed by atoms with Crippen molar-refractivity contribution in [3.63, 3.8) is 0 Å². The van der Waals surface area contributed by atoms with E-state index in [0.29, 0.717) is 0 Å². The number of hydrogen-bond acceptors (Lipinski definition) is 0. The van der Waals surface area contributed by atoms with Crippen molar-refractivity contribution >= 4 is 23.9 Å². The number of benzene rings is 2. The van der Waals surface area contributed by atoms with Crippen LogP contribution in [0, 0.1) is 13.8 Å². The summed E-state index contributed by atoms with van der Waals surface area (Å²) in [4.78, 5) is 0. The van der Waals surface area contributed by atoms with Crippen molar-refractivity contribution in [1.82, 2.24) is 0 Å². The van der Waals surface area contributed by atoms with Crippen LogP contribution in [-0.4, -0.2) is 15.0 Å². The van der Waals surface area contributed by atoms with Crippen LogP contribution in [0.2, 0.25) is 0 Å². The van der Waals surface area contributed by atoms with E-state index < -0.39 is 0 Å². The van der Waals surface area contributed by atoms with E-state index in [1.54, 1.807) is 0 Å². The van der Waals surface area contributed by atoms with Crippen molar-refractivity contribution in [2.45, 2.75) is 13.8 Å².